The average molecular weight is 622 g/mol. The Kier molecular flexibility index (Phi) is 7.45. The van der Waals surface area contributed by atoms with Crippen molar-refractivity contribution in [2.45, 2.75) is 40.0 Å². The number of aromatic nitrogens is 1. The normalized spacial score (nSPS) is 19.7. The SMILES string of the molecule is C=CC1=CC(C)=C1C(Nc1ccccc1-c1c2c(cc3[nH]c4ccccc4c13)\C1=C/C=C\C(=C\NC3=C(CCC=C3)CC1=C)B2)=C(C)C. The molecule has 0 amide bonds. The van der Waals surface area contributed by atoms with Crippen LogP contribution in [0.4, 0.5) is 5.69 Å². The fourth-order valence-corrected chi connectivity index (χ4v) is 7.79. The lowest BCUT2D eigenvalue weighted by atomic mass is 9.57. The summed E-state index contributed by atoms with van der Waals surface area (Å²) in [4.78, 5) is 3.81. The Hall–Kier alpha value is -5.48. The molecule has 2 bridgehead atoms. The summed E-state index contributed by atoms with van der Waals surface area (Å²) >= 11 is 0. The summed E-state index contributed by atoms with van der Waals surface area (Å²) in [6.45, 7) is 15.4. The van der Waals surface area contributed by atoms with Crippen LogP contribution in [-0.4, -0.2) is 12.3 Å². The first kappa shape index (κ1) is 29.9. The van der Waals surface area contributed by atoms with Crippen molar-refractivity contribution in [1.82, 2.24) is 10.3 Å². The summed E-state index contributed by atoms with van der Waals surface area (Å²) in [6, 6.07) is 19.9. The summed E-state index contributed by atoms with van der Waals surface area (Å²) in [7, 11) is 0.776. The maximum absolute atomic E-state index is 4.73. The summed E-state index contributed by atoms with van der Waals surface area (Å²) in [6.07, 6.45) is 20.6. The van der Waals surface area contributed by atoms with E-state index >= 15 is 0 Å². The molecule has 0 saturated carbocycles. The molecule has 0 spiro atoms. The van der Waals surface area contributed by atoms with Crippen LogP contribution >= 0.6 is 0 Å². The highest BCUT2D eigenvalue weighted by Gasteiger charge is 2.27. The number of para-hydroxylation sites is 2. The molecule has 3 aromatic carbocycles. The first-order valence-corrected chi connectivity index (χ1v) is 17.0. The molecule has 48 heavy (non-hydrogen) atoms. The highest BCUT2D eigenvalue weighted by Crippen LogP contribution is 2.43. The number of allylic oxidation sites excluding steroid dienone is 14. The van der Waals surface area contributed by atoms with Gasteiger partial charge >= 0.3 is 0 Å². The first-order chi connectivity index (χ1) is 23.4. The zero-order chi connectivity index (χ0) is 32.9. The van der Waals surface area contributed by atoms with E-state index in [1.54, 1.807) is 0 Å². The molecule has 234 valence electrons. The van der Waals surface area contributed by atoms with Gasteiger partial charge in [0.05, 0.1) is 0 Å². The third kappa shape index (κ3) is 5.00. The van der Waals surface area contributed by atoms with Crippen LogP contribution < -0.4 is 16.1 Å². The third-order valence-corrected chi connectivity index (χ3v) is 10.1. The Labute approximate surface area is 284 Å². The van der Waals surface area contributed by atoms with E-state index in [1.165, 1.54) is 77.5 Å². The van der Waals surface area contributed by atoms with E-state index in [1.807, 2.05) is 6.08 Å². The number of anilines is 1. The smallest absolute Gasteiger partial charge is 0.195 e. The second-order valence-electron chi connectivity index (χ2n) is 13.5. The van der Waals surface area contributed by atoms with E-state index in [0.717, 1.165) is 54.5 Å². The number of hydrogen-bond donors (Lipinski definition) is 3. The second-order valence-corrected chi connectivity index (χ2v) is 13.5. The van der Waals surface area contributed by atoms with Crippen molar-refractivity contribution < 1.29 is 0 Å². The Morgan fingerprint density at radius 3 is 2.67 bits per heavy atom. The zero-order valence-electron chi connectivity index (χ0n) is 28.1. The van der Waals surface area contributed by atoms with Crippen molar-refractivity contribution in [3.8, 4) is 11.1 Å². The minimum absolute atomic E-state index is 0.776. The van der Waals surface area contributed by atoms with Crippen LogP contribution in [0, 0.1) is 0 Å². The molecule has 0 atom stereocenters. The zero-order valence-corrected chi connectivity index (χ0v) is 28.1. The van der Waals surface area contributed by atoms with Gasteiger partial charge in [0.15, 0.2) is 7.28 Å². The fourth-order valence-electron chi connectivity index (χ4n) is 7.79. The van der Waals surface area contributed by atoms with Gasteiger partial charge in [0, 0.05) is 50.0 Å². The van der Waals surface area contributed by atoms with Crippen LogP contribution in [0.5, 0.6) is 0 Å². The minimum Gasteiger partial charge on any atom is -0.362 e. The van der Waals surface area contributed by atoms with Crippen molar-refractivity contribution in [2.75, 3.05) is 5.32 Å². The lowest BCUT2D eigenvalue weighted by Gasteiger charge is -2.27. The summed E-state index contributed by atoms with van der Waals surface area (Å²) in [5, 5.41) is 10.1. The molecule has 0 radical (unpaired) electrons. The molecule has 4 heteroatoms. The maximum atomic E-state index is 4.73. The molecule has 0 fully saturated rings. The number of H-pyrrole nitrogens is 1. The Morgan fingerprint density at radius 2 is 1.83 bits per heavy atom. The van der Waals surface area contributed by atoms with Gasteiger partial charge in [0.1, 0.15) is 0 Å². The molecular formula is C44H40BN3. The van der Waals surface area contributed by atoms with E-state index in [4.69, 9.17) is 6.58 Å². The van der Waals surface area contributed by atoms with E-state index in [9.17, 15) is 0 Å². The van der Waals surface area contributed by atoms with Crippen molar-refractivity contribution in [2.24, 2.45) is 0 Å². The molecular weight excluding hydrogens is 581 g/mol. The van der Waals surface area contributed by atoms with Crippen LogP contribution in [0.3, 0.4) is 0 Å². The van der Waals surface area contributed by atoms with Gasteiger partial charge in [-0.3, -0.25) is 0 Å². The predicted octanol–water partition coefficient (Wildman–Crippen LogP) is 10.1. The molecule has 0 saturated heterocycles. The number of rotatable bonds is 5. The van der Waals surface area contributed by atoms with E-state index in [2.05, 4.69) is 140 Å². The number of nitrogens with one attached hydrogen (secondary N) is 3. The standard InChI is InChI=1S/C44H40BN3/c1-6-29-23-28(5)40(29)44(26(2)3)48-38-21-12-9-17-34(38)42-41-33-16-8-11-20-37(33)47-39(41)24-35-32-18-13-15-31(45-43(35)42)25-46-36-19-10-7-14-30(36)22-27(32)4/h6,8-13,15-21,23-25,45-48H,1,4,7,14,22H2,2-3,5H3/b15-13-,31-25-,32-18-. The summed E-state index contributed by atoms with van der Waals surface area (Å²) in [5.74, 6) is 0. The Balaban J connectivity index is 1.40. The van der Waals surface area contributed by atoms with Gasteiger partial charge in [-0.1, -0.05) is 103 Å². The van der Waals surface area contributed by atoms with Crippen LogP contribution in [0.1, 0.15) is 45.6 Å². The van der Waals surface area contributed by atoms with Crippen molar-refractivity contribution in [1.29, 1.82) is 0 Å². The molecule has 2 aliphatic carbocycles. The molecule has 3 N–H and O–H groups in total. The molecule has 4 heterocycles. The topological polar surface area (TPSA) is 39.9 Å². The van der Waals surface area contributed by atoms with Gasteiger partial charge < -0.3 is 15.6 Å². The van der Waals surface area contributed by atoms with Gasteiger partial charge in [-0.05, 0) is 110 Å². The fraction of sp³-hybridized carbons (Fsp3) is 0.136. The Morgan fingerprint density at radius 1 is 1.00 bits per heavy atom. The van der Waals surface area contributed by atoms with Gasteiger partial charge in [-0.15, -0.1) is 0 Å². The molecule has 5 aliphatic rings. The summed E-state index contributed by atoms with van der Waals surface area (Å²) < 4.78 is 0. The number of fused-ring (bicyclic) bond motifs is 6. The average Bonchev–Trinajstić information content (AvgIpc) is 3.43. The largest absolute Gasteiger partial charge is 0.362 e. The monoisotopic (exact) mass is 621 g/mol. The quantitative estimate of drug-likeness (QED) is 0.194. The van der Waals surface area contributed by atoms with Crippen LogP contribution in [0.25, 0.3) is 38.5 Å². The number of benzene rings is 3. The van der Waals surface area contributed by atoms with Gasteiger partial charge in [0.2, 0.25) is 0 Å². The van der Waals surface area contributed by atoms with Gasteiger partial charge in [-0.25, -0.2) is 0 Å². The van der Waals surface area contributed by atoms with E-state index < -0.39 is 0 Å². The molecule has 9 rings (SSSR count). The van der Waals surface area contributed by atoms with Gasteiger partial charge in [0.25, 0.3) is 0 Å². The third-order valence-electron chi connectivity index (χ3n) is 10.1. The molecule has 3 aliphatic heterocycles. The van der Waals surface area contributed by atoms with Crippen LogP contribution in [0.2, 0.25) is 0 Å². The highest BCUT2D eigenvalue weighted by molar-refractivity contribution is 6.65. The van der Waals surface area contributed by atoms with Crippen LogP contribution in [-0.2, 0) is 0 Å². The van der Waals surface area contributed by atoms with Crippen molar-refractivity contribution >= 4 is 45.8 Å². The lowest BCUT2D eigenvalue weighted by molar-refractivity contribution is 0.862. The molecule has 0 unspecified atom stereocenters. The van der Waals surface area contributed by atoms with Gasteiger partial charge in [-0.2, -0.15) is 0 Å². The van der Waals surface area contributed by atoms with Crippen molar-refractivity contribution in [3.63, 3.8) is 0 Å². The number of hydrogen-bond acceptors (Lipinski definition) is 2. The van der Waals surface area contributed by atoms with Crippen molar-refractivity contribution in [3.05, 3.63) is 172 Å². The maximum Gasteiger partial charge on any atom is 0.195 e. The second kappa shape index (κ2) is 12.0. The molecule has 4 aromatic rings. The lowest BCUT2D eigenvalue weighted by Crippen LogP contribution is -2.26. The first-order valence-electron chi connectivity index (χ1n) is 17.0. The molecule has 1 aromatic heterocycles. The summed E-state index contributed by atoms with van der Waals surface area (Å²) in [5.41, 5.74) is 20.6. The minimum atomic E-state index is 0.776. The highest BCUT2D eigenvalue weighted by atomic mass is 14.9. The molecule has 3 nitrogen and oxygen atoms in total. The van der Waals surface area contributed by atoms with Crippen LogP contribution in [0.15, 0.2) is 167 Å². The predicted molar refractivity (Wildman–Crippen MR) is 208 cm³/mol. The van der Waals surface area contributed by atoms with E-state index in [-0.39, 0.29) is 0 Å². The number of aromatic amines is 1. The Bertz CT molecular complexity index is 2340. The van der Waals surface area contributed by atoms with E-state index in [0.29, 0.717) is 0 Å².